The summed E-state index contributed by atoms with van der Waals surface area (Å²) in [7, 11) is 1.34. The number of rotatable bonds is 6. The highest BCUT2D eigenvalue weighted by Crippen LogP contribution is 2.20. The van der Waals surface area contributed by atoms with Gasteiger partial charge < -0.3 is 9.30 Å². The first kappa shape index (κ1) is 18.9. The number of nitrogens with zero attached hydrogens (tertiary/aromatic N) is 4. The molecule has 0 aliphatic carbocycles. The number of hydrogen-bond acceptors (Lipinski definition) is 6. The van der Waals surface area contributed by atoms with Gasteiger partial charge >= 0.3 is 5.97 Å². The quantitative estimate of drug-likeness (QED) is 0.610. The van der Waals surface area contributed by atoms with Crippen LogP contribution in [-0.4, -0.2) is 33.5 Å². The van der Waals surface area contributed by atoms with Gasteiger partial charge in [-0.1, -0.05) is 30.7 Å². The molecule has 0 radical (unpaired) electrons. The Labute approximate surface area is 160 Å². The number of aryl methyl sites for hydroxylation is 1. The summed E-state index contributed by atoms with van der Waals surface area (Å²) in [4.78, 5) is 36.7. The number of benzene rings is 1. The standard InChI is InChI=1S/C19H20N4O3S/c1-3-4-5-13-6-7-15-16(10-13)27-19(23(15)12-17(24)26-2)22-18(25)14-11-20-8-9-21-14/h6-11H,3-5,12H2,1-2H3. The number of carbonyl (C=O) groups excluding carboxylic acids is 2. The lowest BCUT2D eigenvalue weighted by atomic mass is 10.1. The van der Waals surface area contributed by atoms with Crippen molar-refractivity contribution in [3.05, 3.63) is 52.8 Å². The van der Waals surface area contributed by atoms with Crippen molar-refractivity contribution in [3.8, 4) is 0 Å². The van der Waals surface area contributed by atoms with Crippen LogP contribution in [0.5, 0.6) is 0 Å². The number of unbranched alkanes of at least 4 members (excludes halogenated alkanes) is 1. The minimum atomic E-state index is -0.500. The molecule has 140 valence electrons. The number of hydrogen-bond donors (Lipinski definition) is 0. The second-order valence-electron chi connectivity index (χ2n) is 5.96. The van der Waals surface area contributed by atoms with Crippen molar-refractivity contribution in [2.75, 3.05) is 7.11 Å². The molecule has 0 saturated heterocycles. The molecule has 0 unspecified atom stereocenters. The largest absolute Gasteiger partial charge is 0.468 e. The van der Waals surface area contributed by atoms with Gasteiger partial charge in [0.1, 0.15) is 12.2 Å². The predicted molar refractivity (Wildman–Crippen MR) is 102 cm³/mol. The summed E-state index contributed by atoms with van der Waals surface area (Å²) in [6.07, 6.45) is 7.53. The maximum absolute atomic E-state index is 12.4. The van der Waals surface area contributed by atoms with E-state index in [-0.39, 0.29) is 12.2 Å². The van der Waals surface area contributed by atoms with Crippen LogP contribution in [-0.2, 0) is 22.5 Å². The van der Waals surface area contributed by atoms with Crippen LogP contribution in [0, 0.1) is 0 Å². The Morgan fingerprint density at radius 2 is 2.15 bits per heavy atom. The van der Waals surface area contributed by atoms with E-state index in [0.29, 0.717) is 4.80 Å². The summed E-state index contributed by atoms with van der Waals surface area (Å²) < 4.78 is 7.46. The van der Waals surface area contributed by atoms with E-state index in [1.807, 2.05) is 12.1 Å². The average molecular weight is 384 g/mol. The normalized spacial score (nSPS) is 11.7. The number of fused-ring (bicyclic) bond motifs is 1. The molecule has 0 bridgehead atoms. The predicted octanol–water partition coefficient (Wildman–Crippen LogP) is 2.75. The molecule has 2 heterocycles. The second-order valence-corrected chi connectivity index (χ2v) is 6.97. The maximum Gasteiger partial charge on any atom is 0.325 e. The molecule has 2 aromatic heterocycles. The fourth-order valence-corrected chi connectivity index (χ4v) is 3.73. The molecule has 0 N–H and O–H groups in total. The second kappa shape index (κ2) is 8.68. The Kier molecular flexibility index (Phi) is 6.08. The molecule has 0 saturated carbocycles. The van der Waals surface area contributed by atoms with Crippen LogP contribution in [0.1, 0.15) is 35.8 Å². The van der Waals surface area contributed by atoms with Crippen molar-refractivity contribution in [2.24, 2.45) is 4.99 Å². The first-order chi connectivity index (χ1) is 13.1. The minimum absolute atomic E-state index is 0.0165. The fraction of sp³-hybridized carbons (Fsp3) is 0.316. The van der Waals surface area contributed by atoms with Crippen LogP contribution in [0.2, 0.25) is 0 Å². The highest BCUT2D eigenvalue weighted by molar-refractivity contribution is 7.16. The first-order valence-corrected chi connectivity index (χ1v) is 9.48. The van der Waals surface area contributed by atoms with Crippen molar-refractivity contribution in [1.82, 2.24) is 14.5 Å². The van der Waals surface area contributed by atoms with Crippen LogP contribution >= 0.6 is 11.3 Å². The number of ether oxygens (including phenoxy) is 1. The van der Waals surface area contributed by atoms with E-state index in [1.54, 1.807) is 4.57 Å². The van der Waals surface area contributed by atoms with Gasteiger partial charge in [0.05, 0.1) is 23.5 Å². The molecule has 0 fully saturated rings. The van der Waals surface area contributed by atoms with Gasteiger partial charge in [-0.05, 0) is 30.5 Å². The van der Waals surface area contributed by atoms with Gasteiger partial charge in [-0.2, -0.15) is 4.99 Å². The summed E-state index contributed by atoms with van der Waals surface area (Å²) in [5.74, 6) is -0.905. The van der Waals surface area contributed by atoms with Crippen molar-refractivity contribution in [1.29, 1.82) is 0 Å². The molecule has 3 aromatic rings. The molecular weight excluding hydrogens is 364 g/mol. The number of thiazole rings is 1. The van der Waals surface area contributed by atoms with Gasteiger partial charge in [-0.3, -0.25) is 14.6 Å². The summed E-state index contributed by atoms with van der Waals surface area (Å²) in [6, 6.07) is 6.10. The van der Waals surface area contributed by atoms with E-state index in [4.69, 9.17) is 4.74 Å². The number of esters is 1. The van der Waals surface area contributed by atoms with Gasteiger partial charge in [-0.25, -0.2) is 4.98 Å². The summed E-state index contributed by atoms with van der Waals surface area (Å²) in [5, 5.41) is 0. The zero-order chi connectivity index (χ0) is 19.2. The Balaban J connectivity index is 2.08. The Hall–Kier alpha value is -2.87. The summed E-state index contributed by atoms with van der Waals surface area (Å²) in [5.41, 5.74) is 2.22. The highest BCUT2D eigenvalue weighted by Gasteiger charge is 2.13. The van der Waals surface area contributed by atoms with Crippen LogP contribution in [0.15, 0.2) is 41.8 Å². The molecule has 8 heteroatoms. The lowest BCUT2D eigenvalue weighted by Crippen LogP contribution is -2.22. The number of methoxy groups -OCH3 is 1. The molecule has 1 aromatic carbocycles. The van der Waals surface area contributed by atoms with E-state index in [1.165, 1.54) is 42.6 Å². The lowest BCUT2D eigenvalue weighted by Gasteiger charge is -2.04. The molecular formula is C19H20N4O3S. The zero-order valence-corrected chi connectivity index (χ0v) is 16.0. The van der Waals surface area contributed by atoms with E-state index in [0.717, 1.165) is 29.5 Å². The van der Waals surface area contributed by atoms with Crippen molar-refractivity contribution >= 4 is 33.4 Å². The topological polar surface area (TPSA) is 86.4 Å². The molecule has 0 aliphatic heterocycles. The molecule has 27 heavy (non-hydrogen) atoms. The van der Waals surface area contributed by atoms with Crippen molar-refractivity contribution in [3.63, 3.8) is 0 Å². The van der Waals surface area contributed by atoms with E-state index >= 15 is 0 Å². The Bertz CT molecular complexity index is 1020. The third kappa shape index (κ3) is 4.46. The van der Waals surface area contributed by atoms with Gasteiger partial charge in [-0.15, -0.1) is 0 Å². The zero-order valence-electron chi connectivity index (χ0n) is 15.2. The van der Waals surface area contributed by atoms with E-state index in [2.05, 4.69) is 28.0 Å². The van der Waals surface area contributed by atoms with E-state index < -0.39 is 11.9 Å². The monoisotopic (exact) mass is 384 g/mol. The van der Waals surface area contributed by atoms with Crippen molar-refractivity contribution in [2.45, 2.75) is 32.7 Å². The average Bonchev–Trinajstić information content (AvgIpc) is 3.03. The van der Waals surface area contributed by atoms with Crippen LogP contribution < -0.4 is 4.80 Å². The third-order valence-corrected chi connectivity index (χ3v) is 5.10. The fourth-order valence-electron chi connectivity index (χ4n) is 2.64. The molecule has 0 atom stereocenters. The SMILES string of the molecule is CCCCc1ccc2c(c1)sc(=NC(=O)c1cnccn1)n2CC(=O)OC. The molecule has 7 nitrogen and oxygen atoms in total. The lowest BCUT2D eigenvalue weighted by molar-refractivity contribution is -0.141. The first-order valence-electron chi connectivity index (χ1n) is 8.66. The molecule has 0 aliphatic rings. The third-order valence-electron chi connectivity index (χ3n) is 4.06. The molecule has 1 amide bonds. The minimum Gasteiger partial charge on any atom is -0.468 e. The van der Waals surface area contributed by atoms with Gasteiger partial charge in [0.2, 0.25) is 0 Å². The molecule has 0 spiro atoms. The number of amides is 1. The number of carbonyl (C=O) groups is 2. The Morgan fingerprint density at radius 3 is 2.85 bits per heavy atom. The smallest absolute Gasteiger partial charge is 0.325 e. The summed E-state index contributed by atoms with van der Waals surface area (Å²) >= 11 is 1.37. The van der Waals surface area contributed by atoms with Crippen molar-refractivity contribution < 1.29 is 14.3 Å². The van der Waals surface area contributed by atoms with Crippen LogP contribution in [0.4, 0.5) is 0 Å². The van der Waals surface area contributed by atoms with Gasteiger partial charge in [0.15, 0.2) is 4.80 Å². The van der Waals surface area contributed by atoms with E-state index in [9.17, 15) is 9.59 Å². The maximum atomic E-state index is 12.4. The number of aromatic nitrogens is 3. The Morgan fingerprint density at radius 1 is 1.30 bits per heavy atom. The highest BCUT2D eigenvalue weighted by atomic mass is 32.1. The van der Waals surface area contributed by atoms with Crippen LogP contribution in [0.25, 0.3) is 10.2 Å². The van der Waals surface area contributed by atoms with Gasteiger partial charge in [0.25, 0.3) is 5.91 Å². The van der Waals surface area contributed by atoms with Gasteiger partial charge in [0, 0.05) is 12.4 Å². The molecule has 3 rings (SSSR count). The van der Waals surface area contributed by atoms with Crippen LogP contribution in [0.3, 0.4) is 0 Å². The summed E-state index contributed by atoms with van der Waals surface area (Å²) in [6.45, 7) is 2.14.